The molecule has 1 aliphatic carbocycles. The fourth-order valence-corrected chi connectivity index (χ4v) is 1.67. The first-order valence-corrected chi connectivity index (χ1v) is 5.74. The Hall–Kier alpha value is -1.51. The van der Waals surface area contributed by atoms with Gasteiger partial charge in [0.1, 0.15) is 0 Å². The predicted octanol–water partition coefficient (Wildman–Crippen LogP) is 2.15. The van der Waals surface area contributed by atoms with E-state index in [0.29, 0.717) is 18.7 Å². The van der Waals surface area contributed by atoms with Crippen LogP contribution >= 0.6 is 0 Å². The molecule has 0 amide bonds. The molecule has 86 valence electrons. The third-order valence-electron chi connectivity index (χ3n) is 2.79. The number of esters is 1. The molecule has 1 aliphatic rings. The number of nitrogen functional groups attached to an aromatic ring is 1. The summed E-state index contributed by atoms with van der Waals surface area (Å²) in [5.41, 5.74) is 7.23. The zero-order chi connectivity index (χ0) is 11.4. The minimum absolute atomic E-state index is 0.161. The zero-order valence-corrected chi connectivity index (χ0v) is 9.32. The average Bonchev–Trinajstić information content (AvgIpc) is 3.01. The van der Waals surface area contributed by atoms with Crippen LogP contribution in [0.25, 0.3) is 0 Å². The van der Waals surface area contributed by atoms with E-state index in [4.69, 9.17) is 10.5 Å². The van der Waals surface area contributed by atoms with Crippen LogP contribution in [0.1, 0.15) is 24.8 Å². The maximum Gasteiger partial charge on any atom is 0.310 e. The molecule has 1 aromatic carbocycles. The van der Waals surface area contributed by atoms with E-state index in [9.17, 15) is 4.79 Å². The first-order chi connectivity index (χ1) is 7.74. The van der Waals surface area contributed by atoms with Gasteiger partial charge in [-0.1, -0.05) is 25.0 Å². The lowest BCUT2D eigenvalue weighted by atomic mass is 10.1. The lowest BCUT2D eigenvalue weighted by Gasteiger charge is -2.04. The van der Waals surface area contributed by atoms with E-state index in [1.54, 1.807) is 0 Å². The number of hydrogen-bond donors (Lipinski definition) is 1. The summed E-state index contributed by atoms with van der Waals surface area (Å²) in [5, 5.41) is 0. The van der Waals surface area contributed by atoms with Crippen molar-refractivity contribution in [2.24, 2.45) is 5.92 Å². The van der Waals surface area contributed by atoms with E-state index < -0.39 is 0 Å². The number of benzene rings is 1. The van der Waals surface area contributed by atoms with Crippen LogP contribution in [0, 0.1) is 5.92 Å². The van der Waals surface area contributed by atoms with Gasteiger partial charge in [0, 0.05) is 5.69 Å². The molecule has 0 unspecified atom stereocenters. The summed E-state index contributed by atoms with van der Waals surface area (Å²) in [6.45, 7) is 0.561. The summed E-state index contributed by atoms with van der Waals surface area (Å²) in [5.74, 6) is 0.645. The fraction of sp³-hybridized carbons (Fsp3) is 0.462. The molecule has 0 saturated heterocycles. The normalized spacial score (nSPS) is 14.8. The molecular formula is C13H17NO2. The molecule has 0 heterocycles. The van der Waals surface area contributed by atoms with Gasteiger partial charge in [-0.25, -0.2) is 0 Å². The molecule has 1 aromatic rings. The van der Waals surface area contributed by atoms with Gasteiger partial charge in [0.15, 0.2) is 0 Å². The van der Waals surface area contributed by atoms with E-state index in [2.05, 4.69) is 0 Å². The van der Waals surface area contributed by atoms with Crippen LogP contribution in [0.4, 0.5) is 5.69 Å². The second-order valence-corrected chi connectivity index (χ2v) is 4.37. The summed E-state index contributed by atoms with van der Waals surface area (Å²) < 4.78 is 5.16. The smallest absolute Gasteiger partial charge is 0.310 e. The quantitative estimate of drug-likeness (QED) is 0.610. The van der Waals surface area contributed by atoms with E-state index in [0.717, 1.165) is 17.9 Å². The number of nitrogens with two attached hydrogens (primary N) is 1. The van der Waals surface area contributed by atoms with Crippen LogP contribution < -0.4 is 5.73 Å². The number of anilines is 1. The molecule has 0 radical (unpaired) electrons. The van der Waals surface area contributed by atoms with Gasteiger partial charge in [-0.3, -0.25) is 4.79 Å². The van der Waals surface area contributed by atoms with E-state index in [1.165, 1.54) is 12.8 Å². The molecule has 16 heavy (non-hydrogen) atoms. The Bertz CT molecular complexity index is 372. The van der Waals surface area contributed by atoms with Gasteiger partial charge in [0.25, 0.3) is 0 Å². The van der Waals surface area contributed by atoms with Gasteiger partial charge in [-0.2, -0.15) is 0 Å². The van der Waals surface area contributed by atoms with Gasteiger partial charge in [-0.15, -0.1) is 0 Å². The lowest BCUT2D eigenvalue weighted by Crippen LogP contribution is -2.09. The Morgan fingerprint density at radius 3 is 2.94 bits per heavy atom. The SMILES string of the molecule is Nc1cccc(CC(=O)OCCC2CC2)c1. The first kappa shape index (κ1) is 11.0. The minimum Gasteiger partial charge on any atom is -0.465 e. The molecule has 2 N–H and O–H groups in total. The van der Waals surface area contributed by atoms with Gasteiger partial charge in [0.2, 0.25) is 0 Å². The molecule has 2 rings (SSSR count). The van der Waals surface area contributed by atoms with Crippen LogP contribution in [0.2, 0.25) is 0 Å². The first-order valence-electron chi connectivity index (χ1n) is 5.74. The third-order valence-corrected chi connectivity index (χ3v) is 2.79. The van der Waals surface area contributed by atoms with Gasteiger partial charge < -0.3 is 10.5 Å². The highest BCUT2D eigenvalue weighted by atomic mass is 16.5. The van der Waals surface area contributed by atoms with Crippen LogP contribution in [-0.2, 0) is 16.0 Å². The van der Waals surface area contributed by atoms with Crippen molar-refractivity contribution in [3.63, 3.8) is 0 Å². The number of hydrogen-bond acceptors (Lipinski definition) is 3. The fourth-order valence-electron chi connectivity index (χ4n) is 1.67. The Labute approximate surface area is 95.6 Å². The largest absolute Gasteiger partial charge is 0.465 e. The van der Waals surface area contributed by atoms with Crippen molar-refractivity contribution in [3.05, 3.63) is 29.8 Å². The Balaban J connectivity index is 1.73. The summed E-state index contributed by atoms with van der Waals surface area (Å²) in [6, 6.07) is 7.35. The zero-order valence-electron chi connectivity index (χ0n) is 9.32. The maximum absolute atomic E-state index is 11.5. The third kappa shape index (κ3) is 3.57. The van der Waals surface area contributed by atoms with Crippen molar-refractivity contribution in [2.45, 2.75) is 25.7 Å². The molecular weight excluding hydrogens is 202 g/mol. The molecule has 1 saturated carbocycles. The molecule has 0 aliphatic heterocycles. The Kier molecular flexibility index (Phi) is 3.44. The summed E-state index contributed by atoms with van der Waals surface area (Å²) in [7, 11) is 0. The summed E-state index contributed by atoms with van der Waals surface area (Å²) >= 11 is 0. The summed E-state index contributed by atoms with van der Waals surface area (Å²) in [6.07, 6.45) is 3.93. The Morgan fingerprint density at radius 2 is 2.25 bits per heavy atom. The standard InChI is InChI=1S/C13H17NO2/c14-12-3-1-2-11(8-12)9-13(15)16-7-6-10-4-5-10/h1-3,8,10H,4-7,9,14H2. The molecule has 3 heteroatoms. The Morgan fingerprint density at radius 1 is 1.44 bits per heavy atom. The lowest BCUT2D eigenvalue weighted by molar-refractivity contribution is -0.143. The van der Waals surface area contributed by atoms with Crippen molar-refractivity contribution in [3.8, 4) is 0 Å². The van der Waals surface area contributed by atoms with Crippen molar-refractivity contribution >= 4 is 11.7 Å². The average molecular weight is 219 g/mol. The highest BCUT2D eigenvalue weighted by Crippen LogP contribution is 2.32. The second kappa shape index (κ2) is 5.01. The molecule has 1 fully saturated rings. The number of carbonyl (C=O) groups is 1. The predicted molar refractivity (Wildman–Crippen MR) is 62.9 cm³/mol. The molecule has 0 bridgehead atoms. The summed E-state index contributed by atoms with van der Waals surface area (Å²) in [4.78, 5) is 11.5. The monoisotopic (exact) mass is 219 g/mol. The van der Waals surface area contributed by atoms with Crippen LogP contribution in [0.3, 0.4) is 0 Å². The van der Waals surface area contributed by atoms with E-state index in [-0.39, 0.29) is 5.97 Å². The molecule has 0 aromatic heterocycles. The maximum atomic E-state index is 11.5. The van der Waals surface area contributed by atoms with E-state index in [1.807, 2.05) is 24.3 Å². The highest BCUT2D eigenvalue weighted by Gasteiger charge is 2.21. The molecule has 0 atom stereocenters. The molecule has 0 spiro atoms. The molecule has 3 nitrogen and oxygen atoms in total. The van der Waals surface area contributed by atoms with Crippen LogP contribution in [0.5, 0.6) is 0 Å². The van der Waals surface area contributed by atoms with Crippen molar-refractivity contribution in [1.82, 2.24) is 0 Å². The number of ether oxygens (including phenoxy) is 1. The van der Waals surface area contributed by atoms with Crippen molar-refractivity contribution in [2.75, 3.05) is 12.3 Å². The van der Waals surface area contributed by atoms with Gasteiger partial charge in [0.05, 0.1) is 13.0 Å². The number of rotatable bonds is 5. The topological polar surface area (TPSA) is 52.3 Å². The van der Waals surface area contributed by atoms with Crippen LogP contribution in [0.15, 0.2) is 24.3 Å². The van der Waals surface area contributed by atoms with Crippen molar-refractivity contribution < 1.29 is 9.53 Å². The van der Waals surface area contributed by atoms with Gasteiger partial charge >= 0.3 is 5.97 Å². The second-order valence-electron chi connectivity index (χ2n) is 4.37. The van der Waals surface area contributed by atoms with Crippen LogP contribution in [-0.4, -0.2) is 12.6 Å². The number of carbonyl (C=O) groups excluding carboxylic acids is 1. The van der Waals surface area contributed by atoms with E-state index >= 15 is 0 Å². The minimum atomic E-state index is -0.161. The van der Waals surface area contributed by atoms with Gasteiger partial charge in [-0.05, 0) is 30.0 Å². The van der Waals surface area contributed by atoms with Crippen molar-refractivity contribution in [1.29, 1.82) is 0 Å². The highest BCUT2D eigenvalue weighted by molar-refractivity contribution is 5.72.